The highest BCUT2D eigenvalue weighted by Gasteiger charge is 2.19. The predicted molar refractivity (Wildman–Crippen MR) is 109 cm³/mol. The molecule has 1 aliphatic heterocycles. The second-order valence-corrected chi connectivity index (χ2v) is 7.07. The summed E-state index contributed by atoms with van der Waals surface area (Å²) in [5.74, 6) is 0.372. The smallest absolute Gasteiger partial charge is 0.275 e. The van der Waals surface area contributed by atoms with Crippen LogP contribution in [0.5, 0.6) is 5.75 Å². The first-order valence-corrected chi connectivity index (χ1v) is 9.67. The molecule has 0 aromatic heterocycles. The second-order valence-electron chi connectivity index (χ2n) is 7.07. The fourth-order valence-electron chi connectivity index (χ4n) is 3.36. The molecular formula is C21H25N3O5. The van der Waals surface area contributed by atoms with Crippen molar-refractivity contribution < 1.29 is 19.6 Å². The van der Waals surface area contributed by atoms with Crippen molar-refractivity contribution in [2.75, 3.05) is 11.9 Å². The summed E-state index contributed by atoms with van der Waals surface area (Å²) < 4.78 is 5.59. The van der Waals surface area contributed by atoms with Crippen LogP contribution in [0.15, 0.2) is 42.5 Å². The number of ether oxygens (including phenoxy) is 1. The van der Waals surface area contributed by atoms with E-state index in [1.165, 1.54) is 30.7 Å². The van der Waals surface area contributed by atoms with Crippen molar-refractivity contribution in [3.8, 4) is 5.75 Å². The molecule has 0 spiro atoms. The summed E-state index contributed by atoms with van der Waals surface area (Å²) in [6, 6.07) is 12.3. The lowest BCUT2D eigenvalue weighted by molar-refractivity contribution is -0.386. The fraction of sp³-hybridized carbons (Fsp3) is 0.381. The molecule has 8 nitrogen and oxygen atoms in total. The number of aryl methyl sites for hydroxylation is 1. The number of nitrogens with one attached hydrogen (secondary N) is 2. The van der Waals surface area contributed by atoms with Gasteiger partial charge in [-0.2, -0.15) is 0 Å². The highest BCUT2D eigenvalue weighted by molar-refractivity contribution is 5.76. The standard InChI is InChI=1S/C21H25N3O5/c1-14(25)17-13-16(9-10-19(17)24(27)28)29-12-4-7-21(26)23-20-11-8-15-5-2-3-6-18(15)22-20/h2-3,5-6,9-10,13-14,20,22,25H,4,7-8,11-12H2,1H3,(H,23,26). The van der Waals surface area contributed by atoms with Gasteiger partial charge in [0.05, 0.1) is 29.4 Å². The second kappa shape index (κ2) is 9.38. The highest BCUT2D eigenvalue weighted by atomic mass is 16.6. The lowest BCUT2D eigenvalue weighted by Gasteiger charge is -2.27. The molecule has 1 heterocycles. The van der Waals surface area contributed by atoms with Crippen molar-refractivity contribution in [3.05, 3.63) is 63.7 Å². The molecular weight excluding hydrogens is 374 g/mol. The number of amides is 1. The third-order valence-corrected chi connectivity index (χ3v) is 4.85. The summed E-state index contributed by atoms with van der Waals surface area (Å²) in [6.45, 7) is 1.76. The van der Waals surface area contributed by atoms with Crippen molar-refractivity contribution in [1.29, 1.82) is 0 Å². The first-order valence-electron chi connectivity index (χ1n) is 9.67. The number of hydrogen-bond acceptors (Lipinski definition) is 6. The van der Waals surface area contributed by atoms with E-state index in [2.05, 4.69) is 16.7 Å². The number of hydrogen-bond donors (Lipinski definition) is 3. The van der Waals surface area contributed by atoms with Crippen LogP contribution in [0, 0.1) is 10.1 Å². The number of fused-ring (bicyclic) bond motifs is 1. The van der Waals surface area contributed by atoms with E-state index < -0.39 is 11.0 Å². The maximum absolute atomic E-state index is 12.2. The Hall–Kier alpha value is -3.13. The molecule has 2 aromatic carbocycles. The van der Waals surface area contributed by atoms with Gasteiger partial charge in [-0.15, -0.1) is 0 Å². The molecule has 0 bridgehead atoms. The van der Waals surface area contributed by atoms with Gasteiger partial charge < -0.3 is 20.5 Å². The Morgan fingerprint density at radius 3 is 2.93 bits per heavy atom. The number of carbonyl (C=O) groups excluding carboxylic acids is 1. The first-order chi connectivity index (χ1) is 13.9. The number of nitrogens with zero attached hydrogens (tertiary/aromatic N) is 1. The average Bonchev–Trinajstić information content (AvgIpc) is 2.70. The van der Waals surface area contributed by atoms with E-state index in [4.69, 9.17) is 4.74 Å². The van der Waals surface area contributed by atoms with Crippen LogP contribution in [0.25, 0.3) is 0 Å². The van der Waals surface area contributed by atoms with E-state index >= 15 is 0 Å². The molecule has 0 radical (unpaired) electrons. The summed E-state index contributed by atoms with van der Waals surface area (Å²) in [4.78, 5) is 22.7. The molecule has 2 atom stereocenters. The molecule has 2 aromatic rings. The molecule has 1 aliphatic rings. The van der Waals surface area contributed by atoms with Crippen LogP contribution >= 0.6 is 0 Å². The molecule has 8 heteroatoms. The van der Waals surface area contributed by atoms with Gasteiger partial charge in [0.15, 0.2) is 0 Å². The van der Waals surface area contributed by atoms with Gasteiger partial charge in [-0.3, -0.25) is 14.9 Å². The summed E-state index contributed by atoms with van der Waals surface area (Å²) in [7, 11) is 0. The highest BCUT2D eigenvalue weighted by Crippen LogP contribution is 2.29. The third-order valence-electron chi connectivity index (χ3n) is 4.85. The number of anilines is 1. The summed E-state index contributed by atoms with van der Waals surface area (Å²) in [5.41, 5.74) is 2.37. The molecule has 0 saturated carbocycles. The largest absolute Gasteiger partial charge is 0.494 e. The number of para-hydroxylation sites is 1. The number of aliphatic hydroxyl groups is 1. The predicted octanol–water partition coefficient (Wildman–Crippen LogP) is 3.31. The van der Waals surface area contributed by atoms with Crippen LogP contribution in [0.2, 0.25) is 0 Å². The van der Waals surface area contributed by atoms with Crippen LogP contribution in [0.1, 0.15) is 43.4 Å². The van der Waals surface area contributed by atoms with Crippen molar-refractivity contribution >= 4 is 17.3 Å². The molecule has 1 amide bonds. The molecule has 154 valence electrons. The van der Waals surface area contributed by atoms with Crippen molar-refractivity contribution in [2.24, 2.45) is 0 Å². The van der Waals surface area contributed by atoms with Crippen LogP contribution in [-0.4, -0.2) is 28.7 Å². The minimum Gasteiger partial charge on any atom is -0.494 e. The minimum absolute atomic E-state index is 0.0566. The number of benzene rings is 2. The maximum Gasteiger partial charge on any atom is 0.275 e. The Morgan fingerprint density at radius 1 is 1.38 bits per heavy atom. The Labute approximate surface area is 169 Å². The van der Waals surface area contributed by atoms with E-state index in [9.17, 15) is 20.0 Å². The Morgan fingerprint density at radius 2 is 2.17 bits per heavy atom. The molecule has 3 rings (SSSR count). The normalized spacial score (nSPS) is 16.3. The Balaban J connectivity index is 1.43. The van der Waals surface area contributed by atoms with Crippen LogP contribution in [-0.2, 0) is 11.2 Å². The topological polar surface area (TPSA) is 114 Å². The fourth-order valence-corrected chi connectivity index (χ4v) is 3.36. The third kappa shape index (κ3) is 5.45. The van der Waals surface area contributed by atoms with Crippen LogP contribution in [0.4, 0.5) is 11.4 Å². The van der Waals surface area contributed by atoms with Gasteiger partial charge in [0, 0.05) is 18.2 Å². The molecule has 0 fully saturated rings. The molecule has 3 N–H and O–H groups in total. The van der Waals surface area contributed by atoms with E-state index in [0.717, 1.165) is 18.5 Å². The quantitative estimate of drug-likeness (QED) is 0.356. The van der Waals surface area contributed by atoms with Gasteiger partial charge in [0.1, 0.15) is 5.75 Å². The summed E-state index contributed by atoms with van der Waals surface area (Å²) in [5, 5.41) is 27.1. The van der Waals surface area contributed by atoms with E-state index in [-0.39, 0.29) is 23.3 Å². The molecule has 2 unspecified atom stereocenters. The lowest BCUT2D eigenvalue weighted by atomic mass is 10.0. The number of nitro benzene ring substituents is 1. The average molecular weight is 399 g/mol. The van der Waals surface area contributed by atoms with Gasteiger partial charge in [-0.25, -0.2) is 0 Å². The van der Waals surface area contributed by atoms with Crippen molar-refractivity contribution in [1.82, 2.24) is 5.32 Å². The molecule has 0 aliphatic carbocycles. The number of aliphatic hydroxyl groups excluding tert-OH is 1. The molecule has 0 saturated heterocycles. The van der Waals surface area contributed by atoms with Crippen LogP contribution in [0.3, 0.4) is 0 Å². The van der Waals surface area contributed by atoms with Gasteiger partial charge in [-0.05, 0) is 49.9 Å². The maximum atomic E-state index is 12.2. The van der Waals surface area contributed by atoms with Gasteiger partial charge in [0.25, 0.3) is 5.69 Å². The summed E-state index contributed by atoms with van der Waals surface area (Å²) >= 11 is 0. The monoisotopic (exact) mass is 399 g/mol. The van der Waals surface area contributed by atoms with Crippen LogP contribution < -0.4 is 15.4 Å². The lowest BCUT2D eigenvalue weighted by Crippen LogP contribution is -2.42. The van der Waals surface area contributed by atoms with E-state index in [1.807, 2.05) is 18.2 Å². The number of carbonyl (C=O) groups is 1. The zero-order valence-corrected chi connectivity index (χ0v) is 16.3. The molecule has 29 heavy (non-hydrogen) atoms. The Bertz CT molecular complexity index is 884. The van der Waals surface area contributed by atoms with E-state index in [0.29, 0.717) is 25.2 Å². The first kappa shape index (κ1) is 20.6. The zero-order valence-electron chi connectivity index (χ0n) is 16.3. The van der Waals surface area contributed by atoms with E-state index in [1.54, 1.807) is 0 Å². The van der Waals surface area contributed by atoms with Crippen molar-refractivity contribution in [2.45, 2.75) is 44.9 Å². The minimum atomic E-state index is -0.974. The van der Waals surface area contributed by atoms with Gasteiger partial charge in [-0.1, -0.05) is 18.2 Å². The Kier molecular flexibility index (Phi) is 6.66. The number of rotatable bonds is 8. The van der Waals surface area contributed by atoms with Crippen molar-refractivity contribution in [3.63, 3.8) is 0 Å². The zero-order chi connectivity index (χ0) is 20.8. The summed E-state index contributed by atoms with van der Waals surface area (Å²) in [6.07, 6.45) is 1.53. The van der Waals surface area contributed by atoms with Gasteiger partial charge in [0.2, 0.25) is 5.91 Å². The number of nitro groups is 1. The SMILES string of the molecule is CC(O)c1cc(OCCCC(=O)NC2CCc3ccccc3N2)ccc1[N+](=O)[O-]. The van der Waals surface area contributed by atoms with Gasteiger partial charge >= 0.3 is 0 Å².